The van der Waals surface area contributed by atoms with Crippen LogP contribution < -0.4 is 9.80 Å². The van der Waals surface area contributed by atoms with Crippen LogP contribution in [0.25, 0.3) is 0 Å². The minimum Gasteiger partial charge on any atom is -0.356 e. The van der Waals surface area contributed by atoms with E-state index in [0.717, 1.165) is 55.9 Å². The Morgan fingerprint density at radius 2 is 1.73 bits per heavy atom. The number of anilines is 3. The van der Waals surface area contributed by atoms with Gasteiger partial charge in [-0.1, -0.05) is 0 Å². The average Bonchev–Trinajstić information content (AvgIpc) is 3.29. The minimum atomic E-state index is -0.580. The third-order valence-corrected chi connectivity index (χ3v) is 7.41. The van der Waals surface area contributed by atoms with E-state index < -0.39 is 11.6 Å². The van der Waals surface area contributed by atoms with Gasteiger partial charge in [0, 0.05) is 56.1 Å². The molecule has 172 valence electrons. The molecule has 7 nitrogen and oxygen atoms in total. The lowest BCUT2D eigenvalue weighted by molar-refractivity contribution is 0.264. The van der Waals surface area contributed by atoms with Crippen molar-refractivity contribution in [3.05, 3.63) is 53.7 Å². The van der Waals surface area contributed by atoms with E-state index in [-0.39, 0.29) is 0 Å². The van der Waals surface area contributed by atoms with Crippen molar-refractivity contribution in [1.29, 1.82) is 0 Å². The molecule has 3 aromatic rings. The van der Waals surface area contributed by atoms with Gasteiger partial charge in [0.25, 0.3) is 0 Å². The fraction of sp³-hybridized carbons (Fsp3) is 0.500. The van der Waals surface area contributed by atoms with Crippen molar-refractivity contribution in [2.24, 2.45) is 17.8 Å². The average molecular weight is 452 g/mol. The van der Waals surface area contributed by atoms with Crippen LogP contribution in [0.1, 0.15) is 30.8 Å². The number of rotatable bonds is 4. The van der Waals surface area contributed by atoms with Crippen LogP contribution in [0.2, 0.25) is 0 Å². The van der Waals surface area contributed by atoms with Crippen LogP contribution >= 0.6 is 0 Å². The van der Waals surface area contributed by atoms with Crippen LogP contribution in [0, 0.1) is 36.3 Å². The molecule has 3 atom stereocenters. The maximum Gasteiger partial charge on any atom is 0.228 e. The SMILES string of the molecule is Cc1cc(N2C[C@H]3CC[C@@H](C2)C3Cc2nc3n(n2)CCCN3c2cc(F)cc(F)c2)ncn1. The summed E-state index contributed by atoms with van der Waals surface area (Å²) in [6.07, 6.45) is 5.79. The minimum absolute atomic E-state index is 0.487. The van der Waals surface area contributed by atoms with Crippen LogP contribution in [0.4, 0.5) is 26.2 Å². The summed E-state index contributed by atoms with van der Waals surface area (Å²) in [7, 11) is 0. The highest BCUT2D eigenvalue weighted by atomic mass is 19.1. The first-order valence-electron chi connectivity index (χ1n) is 11.7. The second-order valence-electron chi connectivity index (χ2n) is 9.57. The van der Waals surface area contributed by atoms with E-state index in [4.69, 9.17) is 10.1 Å². The largest absolute Gasteiger partial charge is 0.356 e. The van der Waals surface area contributed by atoms with E-state index in [2.05, 4.69) is 20.9 Å². The second kappa shape index (κ2) is 8.04. The molecular weight excluding hydrogens is 424 g/mol. The summed E-state index contributed by atoms with van der Waals surface area (Å²) in [6, 6.07) is 5.68. The molecule has 3 aliphatic rings. The van der Waals surface area contributed by atoms with Gasteiger partial charge in [-0.3, -0.25) is 0 Å². The lowest BCUT2D eigenvalue weighted by atomic mass is 9.82. The van der Waals surface area contributed by atoms with Crippen molar-refractivity contribution in [3.63, 3.8) is 0 Å². The summed E-state index contributed by atoms with van der Waals surface area (Å²) >= 11 is 0. The first-order chi connectivity index (χ1) is 16.0. The first-order valence-corrected chi connectivity index (χ1v) is 11.7. The van der Waals surface area contributed by atoms with Gasteiger partial charge in [0.1, 0.15) is 23.8 Å². The fourth-order valence-electron chi connectivity index (χ4n) is 5.91. The van der Waals surface area contributed by atoms with E-state index >= 15 is 0 Å². The molecule has 2 aliphatic heterocycles. The van der Waals surface area contributed by atoms with Gasteiger partial charge in [0.05, 0.1) is 0 Å². The van der Waals surface area contributed by atoms with Gasteiger partial charge < -0.3 is 9.80 Å². The summed E-state index contributed by atoms with van der Waals surface area (Å²) < 4.78 is 29.5. The van der Waals surface area contributed by atoms with Gasteiger partial charge in [-0.15, -0.1) is 0 Å². The number of aromatic nitrogens is 5. The summed E-state index contributed by atoms with van der Waals surface area (Å²) in [5, 5.41) is 4.79. The lowest BCUT2D eigenvalue weighted by Gasteiger charge is -2.38. The molecule has 0 N–H and O–H groups in total. The molecule has 0 spiro atoms. The van der Waals surface area contributed by atoms with Crippen molar-refractivity contribution >= 4 is 17.5 Å². The summed E-state index contributed by atoms with van der Waals surface area (Å²) in [5.41, 5.74) is 1.48. The molecule has 9 heteroatoms. The Hall–Kier alpha value is -3.10. The molecular formula is C24H27F2N7. The Morgan fingerprint density at radius 3 is 2.45 bits per heavy atom. The van der Waals surface area contributed by atoms with Crippen LogP contribution in [0.3, 0.4) is 0 Å². The molecule has 2 bridgehead atoms. The molecule has 4 heterocycles. The van der Waals surface area contributed by atoms with Crippen molar-refractivity contribution in [3.8, 4) is 0 Å². The van der Waals surface area contributed by atoms with Gasteiger partial charge in [-0.2, -0.15) is 10.1 Å². The number of halogens is 2. The summed E-state index contributed by atoms with van der Waals surface area (Å²) in [4.78, 5) is 17.8. The number of benzene rings is 1. The van der Waals surface area contributed by atoms with Crippen molar-refractivity contribution < 1.29 is 8.78 Å². The number of piperidine rings is 1. The second-order valence-corrected chi connectivity index (χ2v) is 9.57. The predicted molar refractivity (Wildman–Crippen MR) is 120 cm³/mol. The zero-order valence-corrected chi connectivity index (χ0v) is 18.7. The number of hydrogen-bond acceptors (Lipinski definition) is 6. The molecule has 6 rings (SSSR count). The van der Waals surface area contributed by atoms with E-state index in [1.165, 1.54) is 25.0 Å². The Balaban J connectivity index is 1.21. The molecule has 33 heavy (non-hydrogen) atoms. The lowest BCUT2D eigenvalue weighted by Crippen LogP contribution is -2.43. The third-order valence-electron chi connectivity index (χ3n) is 7.41. The highest BCUT2D eigenvalue weighted by Crippen LogP contribution is 2.44. The summed E-state index contributed by atoms with van der Waals surface area (Å²) in [6.45, 7) is 5.44. The first kappa shape index (κ1) is 20.5. The molecule has 1 aliphatic carbocycles. The fourth-order valence-corrected chi connectivity index (χ4v) is 5.91. The smallest absolute Gasteiger partial charge is 0.228 e. The standard InChI is InChI=1S/C24H27F2N7/c1-15-7-23(28-14-27-15)31-12-16-3-4-17(13-31)21(16)11-22-29-24-32(5-2-6-33(24)30-22)20-9-18(25)8-19(26)10-20/h7-10,14,16-17,21H,2-6,11-13H2,1H3/t16-,17+,21?. The Labute approximate surface area is 191 Å². The number of fused-ring (bicyclic) bond motifs is 3. The molecule has 0 amide bonds. The molecule has 1 saturated heterocycles. The van der Waals surface area contributed by atoms with E-state index in [1.54, 1.807) is 6.33 Å². The van der Waals surface area contributed by atoms with Gasteiger partial charge >= 0.3 is 0 Å². The Kier molecular flexibility index (Phi) is 4.99. The Morgan fingerprint density at radius 1 is 0.970 bits per heavy atom. The van der Waals surface area contributed by atoms with Crippen LogP contribution in [-0.2, 0) is 13.0 Å². The molecule has 1 aromatic carbocycles. The van der Waals surface area contributed by atoms with Gasteiger partial charge in [0.15, 0.2) is 5.82 Å². The quantitative estimate of drug-likeness (QED) is 0.600. The van der Waals surface area contributed by atoms with Gasteiger partial charge in [0.2, 0.25) is 5.95 Å². The summed E-state index contributed by atoms with van der Waals surface area (Å²) in [5.74, 6) is 3.11. The van der Waals surface area contributed by atoms with Crippen LogP contribution in [-0.4, -0.2) is 44.4 Å². The van der Waals surface area contributed by atoms with E-state index in [1.807, 2.05) is 16.5 Å². The van der Waals surface area contributed by atoms with Crippen LogP contribution in [0.5, 0.6) is 0 Å². The van der Waals surface area contributed by atoms with Crippen molar-refractivity contribution in [2.45, 2.75) is 39.2 Å². The zero-order valence-electron chi connectivity index (χ0n) is 18.7. The highest BCUT2D eigenvalue weighted by Gasteiger charge is 2.43. The normalized spacial score (nSPS) is 24.3. The van der Waals surface area contributed by atoms with E-state index in [0.29, 0.717) is 35.9 Å². The van der Waals surface area contributed by atoms with Crippen LogP contribution in [0.15, 0.2) is 30.6 Å². The molecule has 1 saturated carbocycles. The molecule has 2 aromatic heterocycles. The number of aryl methyl sites for hydroxylation is 2. The Bertz CT molecular complexity index is 1150. The molecule has 1 unspecified atom stereocenters. The maximum absolute atomic E-state index is 13.8. The predicted octanol–water partition coefficient (Wildman–Crippen LogP) is 3.90. The topological polar surface area (TPSA) is 63.0 Å². The monoisotopic (exact) mass is 451 g/mol. The maximum atomic E-state index is 13.8. The van der Waals surface area contributed by atoms with Crippen molar-refractivity contribution in [1.82, 2.24) is 24.7 Å². The molecule has 0 radical (unpaired) electrons. The van der Waals surface area contributed by atoms with Gasteiger partial charge in [-0.05, 0) is 56.1 Å². The highest BCUT2D eigenvalue weighted by molar-refractivity contribution is 5.58. The number of hydrogen-bond donors (Lipinski definition) is 0. The zero-order chi connectivity index (χ0) is 22.5. The number of nitrogens with zero attached hydrogens (tertiary/aromatic N) is 7. The molecule has 2 fully saturated rings. The van der Waals surface area contributed by atoms with Gasteiger partial charge in [-0.25, -0.2) is 23.4 Å². The third kappa shape index (κ3) is 3.83. The van der Waals surface area contributed by atoms with Crippen molar-refractivity contribution in [2.75, 3.05) is 29.4 Å². The van der Waals surface area contributed by atoms with E-state index in [9.17, 15) is 8.78 Å².